The summed E-state index contributed by atoms with van der Waals surface area (Å²) in [5.41, 5.74) is 3.39. The van der Waals surface area contributed by atoms with E-state index in [0.717, 1.165) is 23.1 Å². The van der Waals surface area contributed by atoms with E-state index in [-0.39, 0.29) is 37.1 Å². The Morgan fingerprint density at radius 2 is 1.43 bits per heavy atom. The molecule has 160 valence electrons. The van der Waals surface area contributed by atoms with E-state index in [2.05, 4.69) is 41.7 Å². The minimum Gasteiger partial charge on any atom is -0.481 e. The van der Waals surface area contributed by atoms with Crippen LogP contribution in [-0.2, 0) is 20.8 Å². The average molecular weight is 411 g/mol. The van der Waals surface area contributed by atoms with Crippen LogP contribution in [0, 0.1) is 5.92 Å². The zero-order valence-corrected chi connectivity index (χ0v) is 17.2. The summed E-state index contributed by atoms with van der Waals surface area (Å²) in [6.07, 6.45) is 1.69. The minimum atomic E-state index is -1.00. The molecule has 3 N–H and O–H groups in total. The van der Waals surface area contributed by atoms with Gasteiger partial charge >= 0.3 is 11.9 Å². The highest BCUT2D eigenvalue weighted by Gasteiger charge is 2.17. The number of rotatable bonds is 12. The van der Waals surface area contributed by atoms with Crippen molar-refractivity contribution in [3.8, 4) is 11.1 Å². The van der Waals surface area contributed by atoms with Crippen LogP contribution in [0.1, 0.15) is 44.6 Å². The normalized spacial score (nSPS) is 12.7. The van der Waals surface area contributed by atoms with Gasteiger partial charge in [0.2, 0.25) is 5.91 Å². The maximum atomic E-state index is 11.9. The van der Waals surface area contributed by atoms with Crippen LogP contribution in [0.25, 0.3) is 11.1 Å². The maximum Gasteiger partial charge on any atom is 0.303 e. The molecule has 2 rings (SSSR count). The van der Waals surface area contributed by atoms with Crippen molar-refractivity contribution < 1.29 is 24.6 Å². The van der Waals surface area contributed by atoms with Crippen LogP contribution in [0.3, 0.4) is 0 Å². The Bertz CT molecular complexity index is 832. The number of carbonyl (C=O) groups is 3. The first kappa shape index (κ1) is 23.1. The molecule has 2 unspecified atom stereocenters. The largest absolute Gasteiger partial charge is 0.481 e. The molecule has 0 bridgehead atoms. The van der Waals surface area contributed by atoms with E-state index >= 15 is 0 Å². The maximum absolute atomic E-state index is 11.9. The van der Waals surface area contributed by atoms with Gasteiger partial charge < -0.3 is 15.5 Å². The lowest BCUT2D eigenvalue weighted by molar-refractivity contribution is -0.139. The molecular formula is C24H29NO5. The van der Waals surface area contributed by atoms with E-state index in [9.17, 15) is 14.4 Å². The average Bonchev–Trinajstić information content (AvgIpc) is 2.71. The van der Waals surface area contributed by atoms with Crippen molar-refractivity contribution in [3.63, 3.8) is 0 Å². The summed E-state index contributed by atoms with van der Waals surface area (Å²) in [5, 5.41) is 20.6. The van der Waals surface area contributed by atoms with Crippen LogP contribution in [0.2, 0.25) is 0 Å². The third-order valence-corrected chi connectivity index (χ3v) is 5.01. The highest BCUT2D eigenvalue weighted by molar-refractivity contribution is 5.80. The predicted octanol–water partition coefficient (Wildman–Crippen LogP) is 4.14. The monoisotopic (exact) mass is 411 g/mol. The van der Waals surface area contributed by atoms with Gasteiger partial charge in [-0.15, -0.1) is 0 Å². The van der Waals surface area contributed by atoms with Crippen LogP contribution < -0.4 is 5.32 Å². The number of carbonyl (C=O) groups excluding carboxylic acids is 1. The molecule has 0 aliphatic carbocycles. The fourth-order valence-corrected chi connectivity index (χ4v) is 3.55. The van der Waals surface area contributed by atoms with Crippen LogP contribution in [0.15, 0.2) is 54.6 Å². The lowest BCUT2D eigenvalue weighted by Gasteiger charge is -2.22. The topological polar surface area (TPSA) is 104 Å². The molecule has 2 aromatic rings. The van der Waals surface area contributed by atoms with Crippen molar-refractivity contribution >= 4 is 17.8 Å². The highest BCUT2D eigenvalue weighted by Crippen LogP contribution is 2.23. The van der Waals surface area contributed by atoms with Crippen LogP contribution in [0.5, 0.6) is 0 Å². The van der Waals surface area contributed by atoms with Crippen molar-refractivity contribution in [2.24, 2.45) is 5.92 Å². The first-order chi connectivity index (χ1) is 14.3. The summed E-state index contributed by atoms with van der Waals surface area (Å²) in [4.78, 5) is 33.5. The Labute approximate surface area is 176 Å². The summed E-state index contributed by atoms with van der Waals surface area (Å²) in [5.74, 6) is -2.04. The van der Waals surface area contributed by atoms with Crippen molar-refractivity contribution in [2.45, 2.75) is 51.5 Å². The molecule has 30 heavy (non-hydrogen) atoms. The van der Waals surface area contributed by atoms with Gasteiger partial charge in [-0.25, -0.2) is 0 Å². The second-order valence-corrected chi connectivity index (χ2v) is 7.66. The van der Waals surface area contributed by atoms with Crippen molar-refractivity contribution in [3.05, 3.63) is 60.2 Å². The van der Waals surface area contributed by atoms with E-state index in [0.29, 0.717) is 12.8 Å². The zero-order chi connectivity index (χ0) is 21.9. The Hall–Kier alpha value is -3.15. The quantitative estimate of drug-likeness (QED) is 0.487. The van der Waals surface area contributed by atoms with Crippen LogP contribution in [0.4, 0.5) is 0 Å². The van der Waals surface area contributed by atoms with E-state index in [1.807, 2.05) is 25.1 Å². The molecule has 0 heterocycles. The SMILES string of the molecule is CC(CC(CCC(=O)O)Cc1ccc(-c2ccccc2)cc1)NC(=O)CCC(=O)O. The molecule has 0 aromatic heterocycles. The number of nitrogens with one attached hydrogen (secondary N) is 1. The predicted molar refractivity (Wildman–Crippen MR) is 115 cm³/mol. The number of hydrogen-bond acceptors (Lipinski definition) is 3. The van der Waals surface area contributed by atoms with Crippen molar-refractivity contribution in [1.29, 1.82) is 0 Å². The Balaban J connectivity index is 1.97. The van der Waals surface area contributed by atoms with Gasteiger partial charge in [0.15, 0.2) is 0 Å². The van der Waals surface area contributed by atoms with Crippen molar-refractivity contribution in [2.75, 3.05) is 0 Å². The van der Waals surface area contributed by atoms with Gasteiger partial charge in [-0.2, -0.15) is 0 Å². The number of amides is 1. The van der Waals surface area contributed by atoms with Gasteiger partial charge in [0.1, 0.15) is 0 Å². The number of benzene rings is 2. The Morgan fingerprint density at radius 1 is 0.833 bits per heavy atom. The fourth-order valence-electron chi connectivity index (χ4n) is 3.55. The number of aliphatic carboxylic acids is 2. The van der Waals surface area contributed by atoms with Gasteiger partial charge in [0, 0.05) is 18.9 Å². The van der Waals surface area contributed by atoms with Crippen LogP contribution >= 0.6 is 0 Å². The van der Waals surface area contributed by atoms with E-state index < -0.39 is 11.9 Å². The number of carboxylic acids is 2. The molecule has 0 aliphatic heterocycles. The summed E-state index contributed by atoms with van der Waals surface area (Å²) in [6, 6.07) is 18.2. The molecule has 6 nitrogen and oxygen atoms in total. The van der Waals surface area contributed by atoms with Gasteiger partial charge in [-0.1, -0.05) is 54.6 Å². The molecule has 0 saturated heterocycles. The van der Waals surface area contributed by atoms with E-state index in [1.54, 1.807) is 0 Å². The number of hydrogen-bond donors (Lipinski definition) is 3. The second kappa shape index (κ2) is 11.8. The molecule has 0 saturated carbocycles. The molecule has 0 radical (unpaired) electrons. The molecular weight excluding hydrogens is 382 g/mol. The molecule has 2 atom stereocenters. The molecule has 0 fully saturated rings. The minimum absolute atomic E-state index is 0.0551. The second-order valence-electron chi connectivity index (χ2n) is 7.66. The zero-order valence-electron chi connectivity index (χ0n) is 17.2. The Kier molecular flexibility index (Phi) is 9.06. The molecule has 6 heteroatoms. The molecule has 0 spiro atoms. The lowest BCUT2D eigenvalue weighted by atomic mass is 9.88. The number of carboxylic acid groups (broad SMARTS) is 2. The first-order valence-electron chi connectivity index (χ1n) is 10.2. The molecule has 0 aliphatic rings. The molecule has 1 amide bonds. The van der Waals surface area contributed by atoms with Gasteiger partial charge in [-0.05, 0) is 48.8 Å². The first-order valence-corrected chi connectivity index (χ1v) is 10.2. The van der Waals surface area contributed by atoms with E-state index in [1.165, 1.54) is 0 Å². The van der Waals surface area contributed by atoms with Gasteiger partial charge in [0.05, 0.1) is 6.42 Å². The summed E-state index contributed by atoms with van der Waals surface area (Å²) in [7, 11) is 0. The smallest absolute Gasteiger partial charge is 0.303 e. The fraction of sp³-hybridized carbons (Fsp3) is 0.375. The van der Waals surface area contributed by atoms with Gasteiger partial charge in [-0.3, -0.25) is 14.4 Å². The Morgan fingerprint density at radius 3 is 2.03 bits per heavy atom. The van der Waals surface area contributed by atoms with Crippen LogP contribution in [-0.4, -0.2) is 34.1 Å². The lowest BCUT2D eigenvalue weighted by Crippen LogP contribution is -2.34. The van der Waals surface area contributed by atoms with E-state index in [4.69, 9.17) is 10.2 Å². The third-order valence-electron chi connectivity index (χ3n) is 5.01. The van der Waals surface area contributed by atoms with Gasteiger partial charge in [0.25, 0.3) is 0 Å². The summed E-state index contributed by atoms with van der Waals surface area (Å²) in [6.45, 7) is 1.87. The standard InChI is InChI=1S/C24H29NO5/c1-17(25-22(26)12-14-24(29)30)15-19(9-13-23(27)28)16-18-7-10-21(11-8-18)20-5-3-2-4-6-20/h2-8,10-11,17,19H,9,12-16H2,1H3,(H,25,26)(H,27,28)(H,29,30). The summed E-state index contributed by atoms with van der Waals surface area (Å²) >= 11 is 0. The molecule has 2 aromatic carbocycles. The highest BCUT2D eigenvalue weighted by atomic mass is 16.4. The third kappa shape index (κ3) is 8.47. The van der Waals surface area contributed by atoms with Crippen molar-refractivity contribution in [1.82, 2.24) is 5.32 Å². The summed E-state index contributed by atoms with van der Waals surface area (Å²) < 4.78 is 0.